The summed E-state index contributed by atoms with van der Waals surface area (Å²) in [4.78, 5) is 19.8. The van der Waals surface area contributed by atoms with E-state index in [1.165, 1.54) is 0 Å². The van der Waals surface area contributed by atoms with E-state index in [-0.39, 0.29) is 0 Å². The molecular weight excluding hydrogens is 200 g/mol. The van der Waals surface area contributed by atoms with Gasteiger partial charge in [0.25, 0.3) is 0 Å². The number of carboxylic acid groups (broad SMARTS) is 2. The lowest BCUT2D eigenvalue weighted by molar-refractivity contribution is -0.139. The minimum Gasteiger partial charge on any atom is -0.480 e. The summed E-state index contributed by atoms with van der Waals surface area (Å²) in [6, 6.07) is -1.35. The van der Waals surface area contributed by atoms with Gasteiger partial charge in [-0.15, -0.1) is 0 Å². The predicted octanol–water partition coefficient (Wildman–Crippen LogP) is 0.00670. The molecule has 15 heavy (non-hydrogen) atoms. The quantitative estimate of drug-likeness (QED) is 0.516. The highest BCUT2D eigenvalue weighted by Crippen LogP contribution is 1.91. The van der Waals surface area contributed by atoms with E-state index in [9.17, 15) is 9.59 Å². The monoisotopic (exact) mass is 220 g/mol. The van der Waals surface area contributed by atoms with E-state index >= 15 is 0 Å². The molecule has 90 valence electrons. The molecule has 0 heterocycles. The molecule has 0 amide bonds. The van der Waals surface area contributed by atoms with Crippen LogP contribution in [0, 0.1) is 0 Å². The van der Waals surface area contributed by atoms with Gasteiger partial charge in [0.1, 0.15) is 12.1 Å². The number of rotatable bonds is 5. The second-order valence-electron chi connectivity index (χ2n) is 3.09. The highest BCUT2D eigenvalue weighted by Gasteiger charge is 2.07. The lowest BCUT2D eigenvalue weighted by Gasteiger charge is -2.00. The molecule has 0 aliphatic carbocycles. The van der Waals surface area contributed by atoms with Crippen LogP contribution < -0.4 is 11.5 Å². The van der Waals surface area contributed by atoms with Crippen molar-refractivity contribution in [2.24, 2.45) is 11.5 Å². The summed E-state index contributed by atoms with van der Waals surface area (Å²) in [7, 11) is 0. The van der Waals surface area contributed by atoms with Gasteiger partial charge in [0.2, 0.25) is 0 Å². The molecule has 0 bridgehead atoms. The molecular formula is C9H20N2O4. The largest absolute Gasteiger partial charge is 0.480 e. The van der Waals surface area contributed by atoms with Gasteiger partial charge in [-0.2, -0.15) is 0 Å². The molecule has 0 rings (SSSR count). The molecule has 6 heteroatoms. The first-order valence-electron chi connectivity index (χ1n) is 4.83. The number of carbonyl (C=O) groups is 2. The highest BCUT2D eigenvalue weighted by molar-refractivity contribution is 5.73. The normalized spacial score (nSPS) is 13.3. The van der Waals surface area contributed by atoms with Crippen LogP contribution in [0.4, 0.5) is 0 Å². The number of nitrogens with two attached hydrogens (primary N) is 2. The van der Waals surface area contributed by atoms with Crippen molar-refractivity contribution in [2.75, 3.05) is 0 Å². The lowest BCUT2D eigenvalue weighted by atomic mass is 10.2. The molecule has 0 aliphatic heterocycles. The summed E-state index contributed by atoms with van der Waals surface area (Å²) in [5.74, 6) is -1.84. The van der Waals surface area contributed by atoms with Gasteiger partial charge in [0.15, 0.2) is 0 Å². The molecule has 0 aliphatic rings. The molecule has 0 radical (unpaired) electrons. The van der Waals surface area contributed by atoms with E-state index in [0.717, 1.165) is 6.42 Å². The van der Waals surface area contributed by atoms with E-state index in [1.807, 2.05) is 6.92 Å². The van der Waals surface area contributed by atoms with Crippen LogP contribution in [0.1, 0.15) is 33.1 Å². The molecule has 6 nitrogen and oxygen atoms in total. The molecule has 0 fully saturated rings. The van der Waals surface area contributed by atoms with E-state index in [4.69, 9.17) is 21.7 Å². The maximum absolute atomic E-state index is 9.96. The Labute approximate surface area is 89.3 Å². The van der Waals surface area contributed by atoms with Crippen LogP contribution >= 0.6 is 0 Å². The fourth-order valence-corrected chi connectivity index (χ4v) is 0.609. The lowest BCUT2D eigenvalue weighted by Crippen LogP contribution is -2.29. The van der Waals surface area contributed by atoms with Crippen LogP contribution in [0.15, 0.2) is 0 Å². The fourth-order valence-electron chi connectivity index (χ4n) is 0.609. The summed E-state index contributed by atoms with van der Waals surface area (Å²) >= 11 is 0. The smallest absolute Gasteiger partial charge is 0.320 e. The first-order valence-corrected chi connectivity index (χ1v) is 4.83. The summed E-state index contributed by atoms with van der Waals surface area (Å²) in [5.41, 5.74) is 10.1. The Hall–Kier alpha value is -1.14. The zero-order valence-electron chi connectivity index (χ0n) is 9.14. The van der Waals surface area contributed by atoms with Crippen molar-refractivity contribution in [2.45, 2.75) is 45.2 Å². The second-order valence-corrected chi connectivity index (χ2v) is 3.09. The van der Waals surface area contributed by atoms with E-state index < -0.39 is 24.0 Å². The van der Waals surface area contributed by atoms with Gasteiger partial charge in [-0.1, -0.05) is 20.3 Å². The average molecular weight is 220 g/mol. The Morgan fingerprint density at radius 2 is 1.47 bits per heavy atom. The second kappa shape index (κ2) is 9.42. The summed E-state index contributed by atoms with van der Waals surface area (Å²) < 4.78 is 0. The van der Waals surface area contributed by atoms with E-state index in [0.29, 0.717) is 12.8 Å². The average Bonchev–Trinajstić information content (AvgIpc) is 2.17. The fraction of sp³-hybridized carbons (Fsp3) is 0.778. The van der Waals surface area contributed by atoms with E-state index in [1.54, 1.807) is 6.92 Å². The van der Waals surface area contributed by atoms with Crippen molar-refractivity contribution in [1.29, 1.82) is 0 Å². The van der Waals surface area contributed by atoms with Crippen molar-refractivity contribution >= 4 is 11.9 Å². The Morgan fingerprint density at radius 1 is 1.07 bits per heavy atom. The zero-order valence-corrected chi connectivity index (χ0v) is 9.14. The standard InChI is InChI=1S/C5H11NO2.C4H9NO2/c1-2-3-4(6)5(7)8;1-2-3(5)4(6)7/h4H,2-3,6H2,1H3,(H,7,8);3H,2,5H2,1H3,(H,6,7). The minimum atomic E-state index is -0.928. The third-order valence-electron chi connectivity index (χ3n) is 1.67. The van der Waals surface area contributed by atoms with Crippen LogP contribution in [0.2, 0.25) is 0 Å². The Kier molecular flexibility index (Phi) is 10.2. The van der Waals surface area contributed by atoms with Gasteiger partial charge >= 0.3 is 11.9 Å². The van der Waals surface area contributed by atoms with Gasteiger partial charge < -0.3 is 21.7 Å². The maximum Gasteiger partial charge on any atom is 0.320 e. The SMILES string of the molecule is CCC(N)C(=O)O.CCCC(N)C(=O)O. The molecule has 0 saturated carbocycles. The molecule has 0 aromatic rings. The molecule has 0 saturated heterocycles. The van der Waals surface area contributed by atoms with Crippen LogP contribution in [0.25, 0.3) is 0 Å². The van der Waals surface area contributed by atoms with Gasteiger partial charge in [-0.3, -0.25) is 9.59 Å². The van der Waals surface area contributed by atoms with Crippen molar-refractivity contribution < 1.29 is 19.8 Å². The first-order chi connectivity index (χ1) is 6.86. The van der Waals surface area contributed by atoms with Crippen molar-refractivity contribution in [3.63, 3.8) is 0 Å². The summed E-state index contributed by atoms with van der Waals surface area (Å²) in [5, 5.41) is 16.2. The Bertz CT molecular complexity index is 197. The van der Waals surface area contributed by atoms with Gasteiger partial charge in [0, 0.05) is 0 Å². The number of hydrogen-bond acceptors (Lipinski definition) is 4. The predicted molar refractivity (Wildman–Crippen MR) is 56.4 cm³/mol. The first kappa shape index (κ1) is 16.3. The van der Waals surface area contributed by atoms with Crippen molar-refractivity contribution in [1.82, 2.24) is 0 Å². The summed E-state index contributed by atoms with van der Waals surface area (Å²) in [6.45, 7) is 3.64. The Morgan fingerprint density at radius 3 is 1.53 bits per heavy atom. The summed E-state index contributed by atoms with van der Waals surface area (Å²) in [6.07, 6.45) is 1.89. The van der Waals surface area contributed by atoms with Crippen LogP contribution in [-0.2, 0) is 9.59 Å². The zero-order chi connectivity index (χ0) is 12.4. The van der Waals surface area contributed by atoms with Gasteiger partial charge in [-0.05, 0) is 12.8 Å². The topological polar surface area (TPSA) is 127 Å². The van der Waals surface area contributed by atoms with Crippen LogP contribution in [-0.4, -0.2) is 34.2 Å². The molecule has 0 aromatic carbocycles. The molecule has 0 spiro atoms. The Balaban J connectivity index is 0. The van der Waals surface area contributed by atoms with Gasteiger partial charge in [-0.25, -0.2) is 0 Å². The molecule has 0 aromatic heterocycles. The minimum absolute atomic E-state index is 0.495. The number of aliphatic carboxylic acids is 2. The number of carboxylic acids is 2. The van der Waals surface area contributed by atoms with Gasteiger partial charge in [0.05, 0.1) is 0 Å². The van der Waals surface area contributed by atoms with Crippen molar-refractivity contribution in [3.05, 3.63) is 0 Å². The van der Waals surface area contributed by atoms with Crippen LogP contribution in [0.5, 0.6) is 0 Å². The third-order valence-corrected chi connectivity index (χ3v) is 1.67. The molecule has 2 unspecified atom stereocenters. The van der Waals surface area contributed by atoms with E-state index in [2.05, 4.69) is 0 Å². The molecule has 2 atom stereocenters. The van der Waals surface area contributed by atoms with Crippen molar-refractivity contribution in [3.8, 4) is 0 Å². The molecule has 6 N–H and O–H groups in total. The number of hydrogen-bond donors (Lipinski definition) is 4. The van der Waals surface area contributed by atoms with Crippen LogP contribution in [0.3, 0.4) is 0 Å². The maximum atomic E-state index is 9.96. The third kappa shape index (κ3) is 10.8. The highest BCUT2D eigenvalue weighted by atomic mass is 16.4.